The molecule has 1 aromatic heterocycles. The van der Waals surface area contributed by atoms with Gasteiger partial charge in [-0.05, 0) is 23.4 Å². The molecule has 1 aromatic carbocycles. The summed E-state index contributed by atoms with van der Waals surface area (Å²) < 4.78 is 0. The van der Waals surface area contributed by atoms with Crippen LogP contribution in [0.15, 0.2) is 24.4 Å². The highest BCUT2D eigenvalue weighted by Crippen LogP contribution is 2.26. The number of halogens is 1. The van der Waals surface area contributed by atoms with Crippen LogP contribution >= 0.6 is 11.6 Å². The number of benzene rings is 1. The Bertz CT molecular complexity index is 718. The molecule has 1 heterocycles. The Kier molecular flexibility index (Phi) is 4.48. The lowest BCUT2D eigenvalue weighted by Crippen LogP contribution is -2.06. The van der Waals surface area contributed by atoms with E-state index >= 15 is 0 Å². The van der Waals surface area contributed by atoms with Gasteiger partial charge in [0, 0.05) is 18.8 Å². The molecule has 106 valence electrons. The van der Waals surface area contributed by atoms with Gasteiger partial charge in [0.2, 0.25) is 11.7 Å². The van der Waals surface area contributed by atoms with Gasteiger partial charge in [0.05, 0.1) is 10.7 Å². The van der Waals surface area contributed by atoms with Crippen LogP contribution in [0.1, 0.15) is 12.7 Å². The molecule has 2 rings (SSSR count). The van der Waals surface area contributed by atoms with Gasteiger partial charge in [-0.15, -0.1) is 10.2 Å². The molecule has 8 nitrogen and oxygen atoms in total. The summed E-state index contributed by atoms with van der Waals surface area (Å²) in [4.78, 5) is 11.0. The van der Waals surface area contributed by atoms with Crippen LogP contribution in [0.4, 0.5) is 11.4 Å². The average molecular weight is 304 g/mol. The number of nitrogens with one attached hydrogen (secondary N) is 3. The van der Waals surface area contributed by atoms with Crippen LogP contribution in [0.3, 0.4) is 0 Å². The number of carbonyl (C=O) groups excluding carboxylic acids is 1. The number of hydrogen-bond acceptors (Lipinski definition) is 6. The molecule has 0 aliphatic carbocycles. The predicted octanol–water partition coefficient (Wildman–Crippen LogP) is 1.79. The van der Waals surface area contributed by atoms with Crippen LogP contribution in [-0.4, -0.2) is 26.5 Å². The van der Waals surface area contributed by atoms with E-state index in [9.17, 15) is 4.79 Å². The Morgan fingerprint density at radius 3 is 2.95 bits per heavy atom. The summed E-state index contributed by atoms with van der Waals surface area (Å²) in [6.07, 6.45) is 1.41. The van der Waals surface area contributed by atoms with Gasteiger partial charge in [-0.1, -0.05) is 11.6 Å². The van der Waals surface area contributed by atoms with Crippen molar-refractivity contribution < 1.29 is 4.79 Å². The zero-order chi connectivity index (χ0) is 15.2. The Morgan fingerprint density at radius 1 is 1.52 bits per heavy atom. The molecule has 0 saturated heterocycles. The number of anilines is 2. The summed E-state index contributed by atoms with van der Waals surface area (Å²) in [5.74, 6) is -0.0255. The van der Waals surface area contributed by atoms with Gasteiger partial charge in [0.15, 0.2) is 0 Å². The molecule has 3 N–H and O–H groups in total. The number of carbonyl (C=O) groups is 1. The molecule has 0 saturated carbocycles. The van der Waals surface area contributed by atoms with Crippen molar-refractivity contribution in [3.8, 4) is 6.07 Å². The quantitative estimate of drug-likeness (QED) is 0.741. The average Bonchev–Trinajstić information content (AvgIpc) is 2.96. The molecule has 0 aliphatic heterocycles. The zero-order valence-corrected chi connectivity index (χ0v) is 11.6. The Hall–Kier alpha value is -2.92. The normalized spacial score (nSPS) is 10.8. The topological polar surface area (TPSA) is 119 Å². The van der Waals surface area contributed by atoms with Gasteiger partial charge in [0.25, 0.3) is 0 Å². The molecule has 0 unspecified atom stereocenters. The van der Waals surface area contributed by atoms with E-state index in [0.29, 0.717) is 16.4 Å². The Labute approximate surface area is 124 Å². The number of hydrogen-bond donors (Lipinski definition) is 3. The van der Waals surface area contributed by atoms with Gasteiger partial charge in [-0.25, -0.2) is 0 Å². The van der Waals surface area contributed by atoms with Crippen molar-refractivity contribution in [3.05, 3.63) is 35.2 Å². The summed E-state index contributed by atoms with van der Waals surface area (Å²) in [7, 11) is 0. The molecule has 0 spiro atoms. The lowest BCUT2D eigenvalue weighted by atomic mass is 10.2. The maximum absolute atomic E-state index is 11.0. The summed E-state index contributed by atoms with van der Waals surface area (Å²) >= 11 is 6.05. The number of aromatic nitrogens is 4. The molecular weight excluding hydrogens is 294 g/mol. The van der Waals surface area contributed by atoms with E-state index in [2.05, 4.69) is 31.3 Å². The minimum Gasteiger partial charge on any atom is -0.359 e. The summed E-state index contributed by atoms with van der Waals surface area (Å²) in [5.41, 5.74) is 1.30. The number of amides is 1. The third-order valence-electron chi connectivity index (χ3n) is 2.37. The van der Waals surface area contributed by atoms with E-state index < -0.39 is 0 Å². The monoisotopic (exact) mass is 303 g/mol. The molecule has 1 amide bonds. The van der Waals surface area contributed by atoms with Crippen molar-refractivity contribution in [1.29, 1.82) is 5.26 Å². The fraction of sp³-hybridized carbons (Fsp3) is 0.0833. The van der Waals surface area contributed by atoms with Crippen molar-refractivity contribution in [2.24, 2.45) is 0 Å². The fourth-order valence-corrected chi connectivity index (χ4v) is 1.66. The van der Waals surface area contributed by atoms with Gasteiger partial charge in [-0.2, -0.15) is 10.5 Å². The second-order valence-electron chi connectivity index (χ2n) is 3.93. The second kappa shape index (κ2) is 6.49. The third kappa shape index (κ3) is 3.77. The second-order valence-corrected chi connectivity index (χ2v) is 4.33. The number of allylic oxidation sites excluding steroid dienone is 1. The first-order valence-electron chi connectivity index (χ1n) is 5.78. The van der Waals surface area contributed by atoms with Crippen LogP contribution in [0.25, 0.3) is 5.57 Å². The van der Waals surface area contributed by atoms with Crippen molar-refractivity contribution in [1.82, 2.24) is 20.6 Å². The lowest BCUT2D eigenvalue weighted by Gasteiger charge is -2.08. The summed E-state index contributed by atoms with van der Waals surface area (Å²) in [6.45, 7) is 1.41. The van der Waals surface area contributed by atoms with Gasteiger partial charge >= 0.3 is 0 Å². The molecule has 0 fully saturated rings. The first kappa shape index (κ1) is 14.5. The van der Waals surface area contributed by atoms with Crippen molar-refractivity contribution in [2.45, 2.75) is 6.92 Å². The highest BCUT2D eigenvalue weighted by molar-refractivity contribution is 6.33. The molecule has 0 radical (unpaired) electrons. The van der Waals surface area contributed by atoms with E-state index in [1.165, 1.54) is 13.1 Å². The molecule has 0 atom stereocenters. The number of aromatic amines is 1. The van der Waals surface area contributed by atoms with Crippen LogP contribution in [0.2, 0.25) is 5.02 Å². The van der Waals surface area contributed by atoms with Crippen LogP contribution in [-0.2, 0) is 4.79 Å². The van der Waals surface area contributed by atoms with Crippen LogP contribution in [0.5, 0.6) is 0 Å². The number of rotatable bonds is 4. The standard InChI is InChI=1S/C12H10ClN7O/c1-7(21)16-9-2-3-10(13)11(4-9)15-6-8(5-14)12-17-19-20-18-12/h2-4,6,15H,1H3,(H,16,21)(H,17,18,19,20). The smallest absolute Gasteiger partial charge is 0.221 e. The molecule has 0 bridgehead atoms. The first-order chi connectivity index (χ1) is 10.1. The number of nitriles is 1. The summed E-state index contributed by atoms with van der Waals surface area (Å²) in [6, 6.07) is 6.88. The van der Waals surface area contributed by atoms with E-state index in [-0.39, 0.29) is 17.3 Å². The fourth-order valence-electron chi connectivity index (χ4n) is 1.49. The van der Waals surface area contributed by atoms with E-state index in [4.69, 9.17) is 16.9 Å². The Balaban J connectivity index is 2.23. The number of nitrogens with zero attached hydrogens (tertiary/aromatic N) is 4. The highest BCUT2D eigenvalue weighted by atomic mass is 35.5. The van der Waals surface area contributed by atoms with Crippen molar-refractivity contribution >= 4 is 34.5 Å². The predicted molar refractivity (Wildman–Crippen MR) is 77.1 cm³/mol. The maximum Gasteiger partial charge on any atom is 0.221 e. The molecule has 21 heavy (non-hydrogen) atoms. The maximum atomic E-state index is 11.0. The summed E-state index contributed by atoms with van der Waals surface area (Å²) in [5, 5.41) is 28.1. The number of tetrazole rings is 1. The lowest BCUT2D eigenvalue weighted by molar-refractivity contribution is -0.114. The van der Waals surface area contributed by atoms with Crippen molar-refractivity contribution in [2.75, 3.05) is 10.6 Å². The Morgan fingerprint density at radius 2 is 2.33 bits per heavy atom. The van der Waals surface area contributed by atoms with Gasteiger partial charge in [0.1, 0.15) is 11.6 Å². The third-order valence-corrected chi connectivity index (χ3v) is 2.70. The van der Waals surface area contributed by atoms with Gasteiger partial charge < -0.3 is 10.6 Å². The minimum atomic E-state index is -0.191. The van der Waals surface area contributed by atoms with Crippen LogP contribution in [0, 0.1) is 11.3 Å². The van der Waals surface area contributed by atoms with Crippen molar-refractivity contribution in [3.63, 3.8) is 0 Å². The molecule has 0 aliphatic rings. The molecular formula is C12H10ClN7O. The SMILES string of the molecule is CC(=O)Nc1ccc(Cl)c(NC=C(C#N)c2nn[nH]n2)c1. The van der Waals surface area contributed by atoms with E-state index in [0.717, 1.165) is 0 Å². The molecule has 2 aromatic rings. The number of H-pyrrole nitrogens is 1. The zero-order valence-electron chi connectivity index (χ0n) is 10.9. The molecule has 9 heteroatoms. The minimum absolute atomic E-state index is 0.166. The van der Waals surface area contributed by atoms with Gasteiger partial charge in [-0.3, -0.25) is 4.79 Å². The van der Waals surface area contributed by atoms with E-state index in [1.807, 2.05) is 6.07 Å². The highest BCUT2D eigenvalue weighted by Gasteiger charge is 2.07. The largest absolute Gasteiger partial charge is 0.359 e. The first-order valence-corrected chi connectivity index (χ1v) is 6.15. The van der Waals surface area contributed by atoms with Crippen LogP contribution < -0.4 is 10.6 Å². The van der Waals surface area contributed by atoms with E-state index in [1.54, 1.807) is 18.2 Å².